The van der Waals surface area contributed by atoms with Crippen molar-refractivity contribution in [2.75, 3.05) is 19.6 Å². The van der Waals surface area contributed by atoms with Gasteiger partial charge in [0, 0.05) is 37.4 Å². The van der Waals surface area contributed by atoms with E-state index in [4.69, 9.17) is 0 Å². The highest BCUT2D eigenvalue weighted by atomic mass is 32.2. The summed E-state index contributed by atoms with van der Waals surface area (Å²) < 4.78 is 15.2. The van der Waals surface area contributed by atoms with Gasteiger partial charge in [-0.25, -0.2) is 18.5 Å². The van der Waals surface area contributed by atoms with Gasteiger partial charge in [-0.05, 0) is 62.5 Å². The number of likely N-dealkylation sites (tertiary alicyclic amines) is 1. The Kier molecular flexibility index (Phi) is 7.55. The molecule has 0 saturated carbocycles. The van der Waals surface area contributed by atoms with E-state index in [1.54, 1.807) is 24.8 Å². The van der Waals surface area contributed by atoms with Crippen LogP contribution in [0, 0.1) is 5.92 Å². The number of nitrogens with zero attached hydrogens (tertiary/aromatic N) is 6. The summed E-state index contributed by atoms with van der Waals surface area (Å²) in [5, 5.41) is 0.230. The largest absolute Gasteiger partial charge is 0.297 e. The number of rotatable bonds is 4. The van der Waals surface area contributed by atoms with Crippen LogP contribution < -0.4 is 0 Å². The highest BCUT2D eigenvalue weighted by Crippen LogP contribution is 2.35. The maximum Gasteiger partial charge on any atom is 0.143 e. The Balaban J connectivity index is 0.00000119. The second kappa shape index (κ2) is 10.6. The zero-order chi connectivity index (χ0) is 22.5. The number of fused-ring (bicyclic) bond motifs is 2. The van der Waals surface area contributed by atoms with Crippen molar-refractivity contribution in [3.63, 3.8) is 0 Å². The van der Waals surface area contributed by atoms with Crippen LogP contribution in [0.15, 0.2) is 49.1 Å². The Labute approximate surface area is 192 Å². The highest BCUT2D eigenvalue weighted by Gasteiger charge is 2.41. The van der Waals surface area contributed by atoms with Crippen LogP contribution in [0.5, 0.6) is 0 Å². The van der Waals surface area contributed by atoms with Crippen LogP contribution in [0.1, 0.15) is 51.0 Å². The van der Waals surface area contributed by atoms with Gasteiger partial charge in [0.2, 0.25) is 0 Å². The lowest BCUT2D eigenvalue weighted by atomic mass is 10.0. The van der Waals surface area contributed by atoms with E-state index in [1.807, 2.05) is 19.9 Å². The molecule has 4 heterocycles. The highest BCUT2D eigenvalue weighted by molar-refractivity contribution is 7.83. The minimum absolute atomic E-state index is 0.230. The van der Waals surface area contributed by atoms with Crippen LogP contribution in [0.2, 0.25) is 0 Å². The lowest BCUT2D eigenvalue weighted by Crippen LogP contribution is -2.30. The second-order valence-electron chi connectivity index (χ2n) is 8.16. The molecule has 170 valence electrons. The topological polar surface area (TPSA) is 75.1 Å². The van der Waals surface area contributed by atoms with Gasteiger partial charge in [0.05, 0.1) is 33.8 Å². The summed E-state index contributed by atoms with van der Waals surface area (Å²) in [6, 6.07) is 8.48. The molecule has 32 heavy (non-hydrogen) atoms. The maximum atomic E-state index is 13.1. The normalized spacial score (nSPS) is 24.9. The summed E-state index contributed by atoms with van der Waals surface area (Å²) in [6.07, 6.45) is 8.99. The van der Waals surface area contributed by atoms with Crippen LogP contribution >= 0.6 is 0 Å². The lowest BCUT2D eigenvalue weighted by Gasteiger charge is -2.28. The third kappa shape index (κ3) is 4.87. The molecule has 2 aliphatic heterocycles. The molecule has 0 N–H and O–H groups in total. The summed E-state index contributed by atoms with van der Waals surface area (Å²) in [5.41, 5.74) is 3.13. The quantitative estimate of drug-likeness (QED) is 0.600. The molecule has 1 aromatic carbocycles. The van der Waals surface area contributed by atoms with Crippen LogP contribution in [0.25, 0.3) is 11.0 Å². The first-order valence-electron chi connectivity index (χ1n) is 11.6. The molecule has 0 bridgehead atoms. The summed E-state index contributed by atoms with van der Waals surface area (Å²) in [6.45, 7) is 9.67. The van der Waals surface area contributed by atoms with E-state index in [1.165, 1.54) is 5.56 Å². The number of benzene rings is 1. The van der Waals surface area contributed by atoms with E-state index in [0.717, 1.165) is 49.3 Å². The van der Waals surface area contributed by atoms with E-state index in [9.17, 15) is 4.21 Å². The van der Waals surface area contributed by atoms with Gasteiger partial charge in [-0.1, -0.05) is 19.9 Å². The van der Waals surface area contributed by atoms with Crippen LogP contribution in [-0.4, -0.2) is 58.2 Å². The zero-order valence-corrected chi connectivity index (χ0v) is 19.9. The molecule has 2 saturated heterocycles. The first-order valence-corrected chi connectivity index (χ1v) is 12.7. The van der Waals surface area contributed by atoms with Crippen LogP contribution in [-0.2, 0) is 17.5 Å². The van der Waals surface area contributed by atoms with Gasteiger partial charge in [-0.15, -0.1) is 0 Å². The first-order chi connectivity index (χ1) is 15.7. The van der Waals surface area contributed by atoms with E-state index in [-0.39, 0.29) is 5.25 Å². The fourth-order valence-corrected chi connectivity index (χ4v) is 6.52. The SMILES string of the molecule is CC.CC(c1ccc2nccnc2c1)N1CCC2CN(Cc3ncccn3)S(=O)C2CC1. The zero-order valence-electron chi connectivity index (χ0n) is 19.1. The van der Waals surface area contributed by atoms with Crippen LogP contribution in [0.3, 0.4) is 0 Å². The molecule has 0 amide bonds. The number of aromatic nitrogens is 4. The van der Waals surface area contributed by atoms with Crippen molar-refractivity contribution in [3.8, 4) is 0 Å². The third-order valence-electron chi connectivity index (χ3n) is 6.43. The molecule has 7 nitrogen and oxygen atoms in total. The Hall–Kier alpha value is -2.29. The minimum atomic E-state index is -0.972. The molecule has 0 spiro atoms. The van der Waals surface area contributed by atoms with E-state index >= 15 is 0 Å². The van der Waals surface area contributed by atoms with Gasteiger partial charge < -0.3 is 0 Å². The van der Waals surface area contributed by atoms with E-state index in [0.29, 0.717) is 18.5 Å². The first kappa shape index (κ1) is 22.9. The van der Waals surface area contributed by atoms with Gasteiger partial charge in [-0.3, -0.25) is 14.9 Å². The van der Waals surface area contributed by atoms with E-state index in [2.05, 4.69) is 54.3 Å². The van der Waals surface area contributed by atoms with Crippen molar-refractivity contribution < 1.29 is 4.21 Å². The Morgan fingerprint density at radius 3 is 2.50 bits per heavy atom. The smallest absolute Gasteiger partial charge is 0.143 e. The standard InChI is InChI=1S/C22H26N6OS.C2H6/c1-16(17-3-4-19-20(13-17)24-10-9-23-19)27-11-5-18-14-28(30(29)21(18)6-12-27)15-22-25-7-2-8-26-22;1-2/h2-4,7-10,13,16,18,21H,5-6,11-12,14-15H2,1H3;1-2H3. The predicted octanol–water partition coefficient (Wildman–Crippen LogP) is 3.77. The second-order valence-corrected chi connectivity index (χ2v) is 9.83. The maximum absolute atomic E-state index is 13.1. The van der Waals surface area contributed by atoms with Crippen molar-refractivity contribution >= 4 is 22.0 Å². The van der Waals surface area contributed by atoms with Gasteiger partial charge in [0.1, 0.15) is 5.82 Å². The molecular weight excluding hydrogens is 420 g/mol. The Morgan fingerprint density at radius 1 is 1.00 bits per heavy atom. The van der Waals surface area contributed by atoms with Crippen molar-refractivity contribution in [1.29, 1.82) is 0 Å². The molecule has 3 aromatic rings. The molecule has 2 fully saturated rings. The fourth-order valence-electron chi connectivity index (χ4n) is 4.69. The molecule has 4 atom stereocenters. The molecule has 2 aromatic heterocycles. The van der Waals surface area contributed by atoms with Gasteiger partial charge in [0.15, 0.2) is 0 Å². The fraction of sp³-hybridized carbons (Fsp3) is 0.500. The van der Waals surface area contributed by atoms with Crippen molar-refractivity contribution in [2.45, 2.75) is 51.4 Å². The summed E-state index contributed by atoms with van der Waals surface area (Å²) in [7, 11) is -0.972. The summed E-state index contributed by atoms with van der Waals surface area (Å²) in [4.78, 5) is 19.9. The molecule has 2 aliphatic rings. The molecule has 0 radical (unpaired) electrons. The van der Waals surface area contributed by atoms with E-state index < -0.39 is 11.0 Å². The lowest BCUT2D eigenvalue weighted by molar-refractivity contribution is 0.214. The molecule has 0 aliphatic carbocycles. The van der Waals surface area contributed by atoms with Crippen molar-refractivity contribution in [1.82, 2.24) is 29.1 Å². The third-order valence-corrected chi connectivity index (χ3v) is 8.35. The van der Waals surface area contributed by atoms with Crippen molar-refractivity contribution in [2.24, 2.45) is 5.92 Å². The Morgan fingerprint density at radius 2 is 1.72 bits per heavy atom. The van der Waals surface area contributed by atoms with Crippen molar-refractivity contribution in [3.05, 3.63) is 60.4 Å². The molecule has 5 rings (SSSR count). The number of hydrogen-bond acceptors (Lipinski definition) is 6. The van der Waals surface area contributed by atoms with Gasteiger partial charge >= 0.3 is 0 Å². The van der Waals surface area contributed by atoms with Crippen LogP contribution in [0.4, 0.5) is 0 Å². The van der Waals surface area contributed by atoms with Gasteiger partial charge in [-0.2, -0.15) is 0 Å². The average molecular weight is 453 g/mol. The monoisotopic (exact) mass is 452 g/mol. The average Bonchev–Trinajstić information content (AvgIpc) is 3.00. The molecule has 4 unspecified atom stereocenters. The summed E-state index contributed by atoms with van der Waals surface area (Å²) >= 11 is 0. The molecular formula is C24H32N6OS. The molecule has 8 heteroatoms. The minimum Gasteiger partial charge on any atom is -0.297 e. The predicted molar refractivity (Wildman–Crippen MR) is 128 cm³/mol. The van der Waals surface area contributed by atoms with Gasteiger partial charge in [0.25, 0.3) is 0 Å². The summed E-state index contributed by atoms with van der Waals surface area (Å²) in [5.74, 6) is 1.21. The Bertz CT molecular complexity index is 1050. The number of hydrogen-bond donors (Lipinski definition) is 0.